The van der Waals surface area contributed by atoms with Gasteiger partial charge in [0.25, 0.3) is 5.91 Å². The molecule has 0 saturated heterocycles. The van der Waals surface area contributed by atoms with E-state index in [9.17, 15) is 4.79 Å². The van der Waals surface area contributed by atoms with E-state index in [1.54, 1.807) is 0 Å². The molecule has 2 aromatic carbocycles. The fourth-order valence-corrected chi connectivity index (χ4v) is 2.88. The quantitative estimate of drug-likeness (QED) is 0.785. The lowest BCUT2D eigenvalue weighted by molar-refractivity contribution is 0.0756. The minimum atomic E-state index is 0.166. The molecule has 1 aliphatic rings. The van der Waals surface area contributed by atoms with Gasteiger partial charge in [0.15, 0.2) is 0 Å². The molecule has 0 atom stereocenters. The van der Waals surface area contributed by atoms with Gasteiger partial charge in [0.05, 0.1) is 0 Å². The number of fused-ring (bicyclic) bond motifs is 1. The lowest BCUT2D eigenvalue weighted by Gasteiger charge is -2.22. The minimum absolute atomic E-state index is 0.166. The normalized spacial score (nSPS) is 14.6. The molecule has 0 aliphatic heterocycles. The van der Waals surface area contributed by atoms with E-state index in [1.807, 2.05) is 35.2 Å². The van der Waals surface area contributed by atoms with E-state index in [0.29, 0.717) is 6.04 Å². The number of rotatable bonds is 4. The van der Waals surface area contributed by atoms with E-state index >= 15 is 0 Å². The predicted octanol–water partition coefficient (Wildman–Crippen LogP) is 3.84. The number of nitrogens with zero attached hydrogens (tertiary/aromatic N) is 1. The highest BCUT2D eigenvalue weighted by Gasteiger charge is 2.32. The number of hydrogen-bond donors (Lipinski definition) is 0. The van der Waals surface area contributed by atoms with Crippen LogP contribution in [0.5, 0.6) is 0 Å². The Balaban J connectivity index is 2.00. The maximum atomic E-state index is 12.7. The first-order valence-electron chi connectivity index (χ1n) is 6.66. The summed E-state index contributed by atoms with van der Waals surface area (Å²) in [6.45, 7) is 0.784. The fourth-order valence-electron chi connectivity index (χ4n) is 2.49. The maximum Gasteiger partial charge on any atom is 0.254 e. The lowest BCUT2D eigenvalue weighted by Crippen LogP contribution is -2.34. The minimum Gasteiger partial charge on any atom is -0.335 e. The molecule has 0 spiro atoms. The molecule has 3 heteroatoms. The third-order valence-corrected chi connectivity index (χ3v) is 3.95. The van der Waals surface area contributed by atoms with Crippen LogP contribution >= 0.6 is 15.9 Å². The standard InChI is InChI=1S/C16H16BrNO/c17-10-11-18(13-8-9-13)16(19)15-7-3-5-12-4-1-2-6-14(12)15/h1-7,13H,8-11H2. The van der Waals surface area contributed by atoms with Crippen LogP contribution in [0.15, 0.2) is 42.5 Å². The van der Waals surface area contributed by atoms with Crippen molar-refractivity contribution in [2.45, 2.75) is 18.9 Å². The summed E-state index contributed by atoms with van der Waals surface area (Å²) in [5, 5.41) is 3.01. The van der Waals surface area contributed by atoms with Crippen molar-refractivity contribution in [3.05, 3.63) is 48.0 Å². The van der Waals surface area contributed by atoms with Crippen molar-refractivity contribution in [1.82, 2.24) is 4.90 Å². The van der Waals surface area contributed by atoms with Crippen LogP contribution in [-0.2, 0) is 0 Å². The van der Waals surface area contributed by atoms with Gasteiger partial charge in [-0.1, -0.05) is 52.3 Å². The largest absolute Gasteiger partial charge is 0.335 e. The molecule has 1 aliphatic carbocycles. The van der Waals surface area contributed by atoms with Gasteiger partial charge in [-0.3, -0.25) is 4.79 Å². The third kappa shape index (κ3) is 2.52. The summed E-state index contributed by atoms with van der Waals surface area (Å²) in [4.78, 5) is 14.7. The summed E-state index contributed by atoms with van der Waals surface area (Å²) in [5.74, 6) is 0.166. The van der Waals surface area contributed by atoms with E-state index in [-0.39, 0.29) is 5.91 Å². The monoisotopic (exact) mass is 317 g/mol. The molecular formula is C16H16BrNO. The number of hydrogen-bond acceptors (Lipinski definition) is 1. The summed E-state index contributed by atoms with van der Waals surface area (Å²) in [7, 11) is 0. The van der Waals surface area contributed by atoms with Crippen LogP contribution in [0, 0.1) is 0 Å². The third-order valence-electron chi connectivity index (χ3n) is 3.59. The maximum absolute atomic E-state index is 12.7. The molecule has 0 unspecified atom stereocenters. The van der Waals surface area contributed by atoms with E-state index < -0.39 is 0 Å². The van der Waals surface area contributed by atoms with Crippen LogP contribution in [0.1, 0.15) is 23.2 Å². The van der Waals surface area contributed by atoms with Crippen LogP contribution in [0.2, 0.25) is 0 Å². The number of carbonyl (C=O) groups is 1. The SMILES string of the molecule is O=C(c1cccc2ccccc12)N(CCBr)C1CC1. The molecule has 0 radical (unpaired) electrons. The topological polar surface area (TPSA) is 20.3 Å². The second-order valence-electron chi connectivity index (χ2n) is 4.95. The Hall–Kier alpha value is -1.35. The molecule has 0 bridgehead atoms. The van der Waals surface area contributed by atoms with E-state index in [1.165, 1.54) is 0 Å². The molecule has 1 saturated carbocycles. The second-order valence-corrected chi connectivity index (χ2v) is 5.74. The lowest BCUT2D eigenvalue weighted by atomic mass is 10.0. The molecule has 2 aromatic rings. The second kappa shape index (κ2) is 5.33. The van der Waals surface area contributed by atoms with Gasteiger partial charge in [-0.25, -0.2) is 0 Å². The van der Waals surface area contributed by atoms with Crippen molar-refractivity contribution in [3.63, 3.8) is 0 Å². The number of amides is 1. The van der Waals surface area contributed by atoms with Crippen LogP contribution in [0.25, 0.3) is 10.8 Å². The van der Waals surface area contributed by atoms with Gasteiger partial charge >= 0.3 is 0 Å². The van der Waals surface area contributed by atoms with Gasteiger partial charge in [0, 0.05) is 23.5 Å². The zero-order valence-electron chi connectivity index (χ0n) is 10.7. The zero-order chi connectivity index (χ0) is 13.2. The number of halogens is 1. The number of alkyl halides is 1. The van der Waals surface area contributed by atoms with Gasteiger partial charge < -0.3 is 4.90 Å². The fraction of sp³-hybridized carbons (Fsp3) is 0.312. The Morgan fingerprint density at radius 2 is 1.89 bits per heavy atom. The van der Waals surface area contributed by atoms with E-state index in [2.05, 4.69) is 28.1 Å². The van der Waals surface area contributed by atoms with Gasteiger partial charge in [-0.15, -0.1) is 0 Å². The van der Waals surface area contributed by atoms with E-state index in [4.69, 9.17) is 0 Å². The summed E-state index contributed by atoms with van der Waals surface area (Å²) >= 11 is 3.44. The first-order chi connectivity index (χ1) is 9.31. The molecule has 0 aromatic heterocycles. The van der Waals surface area contributed by atoms with Crippen LogP contribution in [0.3, 0.4) is 0 Å². The summed E-state index contributed by atoms with van der Waals surface area (Å²) < 4.78 is 0. The highest BCUT2D eigenvalue weighted by atomic mass is 79.9. The van der Waals surface area contributed by atoms with Crippen molar-refractivity contribution in [2.24, 2.45) is 0 Å². The van der Waals surface area contributed by atoms with Crippen molar-refractivity contribution < 1.29 is 4.79 Å². The molecule has 1 fully saturated rings. The Morgan fingerprint density at radius 3 is 2.63 bits per heavy atom. The Labute approximate surface area is 121 Å². The number of benzene rings is 2. The van der Waals surface area contributed by atoms with Crippen LogP contribution in [-0.4, -0.2) is 28.7 Å². The van der Waals surface area contributed by atoms with Crippen molar-refractivity contribution in [1.29, 1.82) is 0 Å². The number of carbonyl (C=O) groups excluding carboxylic acids is 1. The predicted molar refractivity (Wildman–Crippen MR) is 81.8 cm³/mol. The molecule has 1 amide bonds. The summed E-state index contributed by atoms with van der Waals surface area (Å²) in [5.41, 5.74) is 0.825. The smallest absolute Gasteiger partial charge is 0.254 e. The Morgan fingerprint density at radius 1 is 1.16 bits per heavy atom. The molecule has 19 heavy (non-hydrogen) atoms. The van der Waals surface area contributed by atoms with Crippen LogP contribution < -0.4 is 0 Å². The average molecular weight is 318 g/mol. The van der Waals surface area contributed by atoms with Crippen molar-refractivity contribution in [3.8, 4) is 0 Å². The van der Waals surface area contributed by atoms with E-state index in [0.717, 1.165) is 41.1 Å². The average Bonchev–Trinajstić information content (AvgIpc) is 3.28. The van der Waals surface area contributed by atoms with Crippen LogP contribution in [0.4, 0.5) is 0 Å². The molecular weight excluding hydrogens is 302 g/mol. The van der Waals surface area contributed by atoms with Gasteiger partial charge in [-0.2, -0.15) is 0 Å². The van der Waals surface area contributed by atoms with Gasteiger partial charge in [0.1, 0.15) is 0 Å². The highest BCUT2D eigenvalue weighted by molar-refractivity contribution is 9.09. The first-order valence-corrected chi connectivity index (χ1v) is 7.78. The van der Waals surface area contributed by atoms with Gasteiger partial charge in [-0.05, 0) is 29.7 Å². The van der Waals surface area contributed by atoms with Crippen molar-refractivity contribution >= 4 is 32.6 Å². The highest BCUT2D eigenvalue weighted by Crippen LogP contribution is 2.29. The molecule has 0 N–H and O–H groups in total. The summed E-state index contributed by atoms with van der Waals surface area (Å²) in [6.07, 6.45) is 2.28. The molecule has 2 nitrogen and oxygen atoms in total. The molecule has 0 heterocycles. The molecule has 3 rings (SSSR count). The Bertz CT molecular complexity index is 601. The molecule has 98 valence electrons. The van der Waals surface area contributed by atoms with Crippen molar-refractivity contribution in [2.75, 3.05) is 11.9 Å². The summed E-state index contributed by atoms with van der Waals surface area (Å²) in [6, 6.07) is 14.5. The Kier molecular flexibility index (Phi) is 3.56. The van der Waals surface area contributed by atoms with Gasteiger partial charge in [0.2, 0.25) is 0 Å². The first kappa shape index (κ1) is 12.7. The zero-order valence-corrected chi connectivity index (χ0v) is 12.3.